The molecule has 0 aliphatic heterocycles. The van der Waals surface area contributed by atoms with Crippen LogP contribution in [-0.4, -0.2) is 30.3 Å². The third-order valence-electron chi connectivity index (χ3n) is 5.32. The fourth-order valence-corrected chi connectivity index (χ4v) is 3.12. The molecule has 3 aromatic rings. The molecule has 3 aromatic carbocycles. The summed E-state index contributed by atoms with van der Waals surface area (Å²) in [5.74, 6) is -0.512. The highest BCUT2D eigenvalue weighted by Gasteiger charge is 2.09. The fraction of sp³-hybridized carbons (Fsp3) is 0.222. The molecule has 0 heterocycles. The van der Waals surface area contributed by atoms with E-state index >= 15 is 0 Å². The minimum Gasteiger partial charge on any atom is -0.376 e. The Kier molecular flexibility index (Phi) is 8.80. The Labute approximate surface area is 200 Å². The topological polar surface area (TPSA) is 99.3 Å². The lowest BCUT2D eigenvalue weighted by Gasteiger charge is -2.12. The zero-order valence-corrected chi connectivity index (χ0v) is 19.4. The molecular formula is C27H30N4O3. The quantitative estimate of drug-likeness (QED) is 0.366. The largest absolute Gasteiger partial charge is 0.376 e. The first-order valence-electron chi connectivity index (χ1n) is 11.3. The molecule has 34 heavy (non-hydrogen) atoms. The molecule has 0 aliphatic rings. The summed E-state index contributed by atoms with van der Waals surface area (Å²) in [5, 5.41) is 11.6. The number of carbonyl (C=O) groups is 3. The molecule has 3 rings (SSSR count). The predicted molar refractivity (Wildman–Crippen MR) is 135 cm³/mol. The average molecular weight is 459 g/mol. The van der Waals surface area contributed by atoms with Crippen LogP contribution in [0.5, 0.6) is 0 Å². The normalized spacial score (nSPS) is 11.2. The van der Waals surface area contributed by atoms with E-state index in [9.17, 15) is 14.4 Å². The van der Waals surface area contributed by atoms with Crippen molar-refractivity contribution in [3.63, 3.8) is 0 Å². The van der Waals surface area contributed by atoms with Crippen LogP contribution in [0.4, 0.5) is 11.4 Å². The molecule has 0 aliphatic carbocycles. The van der Waals surface area contributed by atoms with E-state index in [4.69, 9.17) is 0 Å². The van der Waals surface area contributed by atoms with Gasteiger partial charge in [0.2, 0.25) is 5.91 Å². The van der Waals surface area contributed by atoms with Gasteiger partial charge in [-0.1, -0.05) is 37.3 Å². The zero-order valence-electron chi connectivity index (χ0n) is 19.4. The Morgan fingerprint density at radius 3 is 1.97 bits per heavy atom. The van der Waals surface area contributed by atoms with Crippen molar-refractivity contribution in [1.29, 1.82) is 0 Å². The summed E-state index contributed by atoms with van der Waals surface area (Å²) in [6.07, 6.45) is 0.858. The van der Waals surface area contributed by atoms with Gasteiger partial charge in [0.15, 0.2) is 0 Å². The van der Waals surface area contributed by atoms with Crippen LogP contribution in [0, 0.1) is 0 Å². The molecule has 1 atom stereocenters. The molecule has 0 spiro atoms. The minimum absolute atomic E-state index is 0.0653. The SMILES string of the molecule is CCC(C)NC(=O)c1ccc(NC(=O)CNc2ccc(C(=O)NCc3ccccc3)cc2)cc1. The van der Waals surface area contributed by atoms with Crippen molar-refractivity contribution >= 4 is 29.1 Å². The van der Waals surface area contributed by atoms with Gasteiger partial charge in [0.1, 0.15) is 0 Å². The molecule has 0 saturated carbocycles. The Balaban J connectivity index is 1.44. The number of amides is 3. The van der Waals surface area contributed by atoms with Crippen LogP contribution in [0.1, 0.15) is 46.5 Å². The maximum absolute atomic E-state index is 12.3. The Morgan fingerprint density at radius 1 is 0.765 bits per heavy atom. The molecule has 1 unspecified atom stereocenters. The van der Waals surface area contributed by atoms with Crippen molar-refractivity contribution in [3.05, 3.63) is 95.6 Å². The summed E-state index contributed by atoms with van der Waals surface area (Å²) in [6.45, 7) is 4.49. The summed E-state index contributed by atoms with van der Waals surface area (Å²) < 4.78 is 0. The van der Waals surface area contributed by atoms with Crippen LogP contribution in [0.15, 0.2) is 78.9 Å². The highest BCUT2D eigenvalue weighted by atomic mass is 16.2. The van der Waals surface area contributed by atoms with E-state index in [0.717, 1.165) is 17.7 Å². The second-order valence-corrected chi connectivity index (χ2v) is 8.01. The molecule has 0 radical (unpaired) electrons. The first kappa shape index (κ1) is 24.5. The van der Waals surface area contributed by atoms with E-state index in [2.05, 4.69) is 21.3 Å². The number of anilines is 2. The van der Waals surface area contributed by atoms with Crippen LogP contribution >= 0.6 is 0 Å². The highest BCUT2D eigenvalue weighted by molar-refractivity contribution is 5.97. The standard InChI is InChI=1S/C27H30N4O3/c1-3-19(2)30-27(34)22-11-15-24(16-12-22)31-25(32)18-28-23-13-9-21(10-14-23)26(33)29-17-20-7-5-4-6-8-20/h4-16,19,28H,3,17-18H2,1-2H3,(H,29,33)(H,30,34)(H,31,32). The van der Waals surface area contributed by atoms with Crippen molar-refractivity contribution in [3.8, 4) is 0 Å². The van der Waals surface area contributed by atoms with Crippen molar-refractivity contribution < 1.29 is 14.4 Å². The van der Waals surface area contributed by atoms with E-state index in [1.54, 1.807) is 48.5 Å². The highest BCUT2D eigenvalue weighted by Crippen LogP contribution is 2.12. The molecular weight excluding hydrogens is 428 g/mol. The third-order valence-corrected chi connectivity index (χ3v) is 5.32. The van der Waals surface area contributed by atoms with Gasteiger partial charge in [0.25, 0.3) is 11.8 Å². The van der Waals surface area contributed by atoms with E-state index in [-0.39, 0.29) is 30.3 Å². The first-order chi connectivity index (χ1) is 16.4. The molecule has 0 saturated heterocycles. The number of rotatable bonds is 10. The fourth-order valence-electron chi connectivity index (χ4n) is 3.12. The molecule has 4 N–H and O–H groups in total. The summed E-state index contributed by atoms with van der Waals surface area (Å²) in [5.41, 5.74) is 3.46. The monoisotopic (exact) mass is 458 g/mol. The molecule has 7 nitrogen and oxygen atoms in total. The summed E-state index contributed by atoms with van der Waals surface area (Å²) in [7, 11) is 0. The molecule has 0 aromatic heterocycles. The zero-order chi connectivity index (χ0) is 24.3. The maximum atomic E-state index is 12.3. The second-order valence-electron chi connectivity index (χ2n) is 8.01. The maximum Gasteiger partial charge on any atom is 0.251 e. The lowest BCUT2D eigenvalue weighted by molar-refractivity contribution is -0.114. The van der Waals surface area contributed by atoms with Gasteiger partial charge in [0, 0.05) is 35.1 Å². The van der Waals surface area contributed by atoms with Crippen molar-refractivity contribution in [2.45, 2.75) is 32.9 Å². The molecule has 7 heteroatoms. The smallest absolute Gasteiger partial charge is 0.251 e. The van der Waals surface area contributed by atoms with Crippen LogP contribution in [0.25, 0.3) is 0 Å². The van der Waals surface area contributed by atoms with Crippen molar-refractivity contribution in [2.75, 3.05) is 17.2 Å². The number of nitrogens with one attached hydrogen (secondary N) is 4. The number of carbonyl (C=O) groups excluding carboxylic acids is 3. The molecule has 3 amide bonds. The van der Waals surface area contributed by atoms with E-state index < -0.39 is 0 Å². The minimum atomic E-state index is -0.221. The van der Waals surface area contributed by atoms with Gasteiger partial charge >= 0.3 is 0 Å². The second kappa shape index (κ2) is 12.2. The van der Waals surface area contributed by atoms with Crippen molar-refractivity contribution in [1.82, 2.24) is 10.6 Å². The van der Waals surface area contributed by atoms with Crippen LogP contribution < -0.4 is 21.3 Å². The summed E-state index contributed by atoms with van der Waals surface area (Å²) in [4.78, 5) is 36.7. The summed E-state index contributed by atoms with van der Waals surface area (Å²) >= 11 is 0. The first-order valence-corrected chi connectivity index (χ1v) is 11.3. The van der Waals surface area contributed by atoms with Gasteiger partial charge in [-0.2, -0.15) is 0 Å². The van der Waals surface area contributed by atoms with Gasteiger partial charge in [-0.25, -0.2) is 0 Å². The van der Waals surface area contributed by atoms with Gasteiger partial charge in [-0.05, 0) is 67.4 Å². The van der Waals surface area contributed by atoms with E-state index in [1.165, 1.54) is 0 Å². The Morgan fingerprint density at radius 2 is 1.35 bits per heavy atom. The summed E-state index contributed by atoms with van der Waals surface area (Å²) in [6, 6.07) is 23.5. The van der Waals surface area contributed by atoms with Crippen LogP contribution in [0.3, 0.4) is 0 Å². The number of hydrogen-bond donors (Lipinski definition) is 4. The van der Waals surface area contributed by atoms with Gasteiger partial charge in [0.05, 0.1) is 6.54 Å². The van der Waals surface area contributed by atoms with Crippen molar-refractivity contribution in [2.24, 2.45) is 0 Å². The molecule has 0 bridgehead atoms. The Hall–Kier alpha value is -4.13. The van der Waals surface area contributed by atoms with Crippen LogP contribution in [-0.2, 0) is 11.3 Å². The number of benzene rings is 3. The molecule has 176 valence electrons. The third kappa shape index (κ3) is 7.48. The van der Waals surface area contributed by atoms with E-state index in [0.29, 0.717) is 23.4 Å². The van der Waals surface area contributed by atoms with Gasteiger partial charge in [-0.15, -0.1) is 0 Å². The number of hydrogen-bond acceptors (Lipinski definition) is 4. The predicted octanol–water partition coefficient (Wildman–Crippen LogP) is 4.20. The van der Waals surface area contributed by atoms with E-state index in [1.807, 2.05) is 44.2 Å². The average Bonchev–Trinajstić information content (AvgIpc) is 2.87. The van der Waals surface area contributed by atoms with Gasteiger partial charge in [-0.3, -0.25) is 14.4 Å². The van der Waals surface area contributed by atoms with Gasteiger partial charge < -0.3 is 21.3 Å². The lowest BCUT2D eigenvalue weighted by atomic mass is 10.1. The lowest BCUT2D eigenvalue weighted by Crippen LogP contribution is -2.31. The Bertz CT molecular complexity index is 1100. The molecule has 0 fully saturated rings. The van der Waals surface area contributed by atoms with Crippen LogP contribution in [0.2, 0.25) is 0 Å².